The number of aromatic amines is 1. The number of alkyl halides is 4. The lowest BCUT2D eigenvalue weighted by atomic mass is 10.3. The van der Waals surface area contributed by atoms with Crippen molar-refractivity contribution in [1.29, 1.82) is 0 Å². The van der Waals surface area contributed by atoms with Crippen LogP contribution < -0.4 is 0 Å². The molecule has 17 heavy (non-hydrogen) atoms. The van der Waals surface area contributed by atoms with Crippen molar-refractivity contribution in [1.82, 2.24) is 15.0 Å². The van der Waals surface area contributed by atoms with Gasteiger partial charge in [-0.1, -0.05) is 23.2 Å². The molecule has 0 aromatic carbocycles. The summed E-state index contributed by atoms with van der Waals surface area (Å²) in [4.78, 5) is 8.89. The van der Waals surface area contributed by atoms with E-state index in [1.807, 2.05) is 4.98 Å². The molecule has 0 spiro atoms. The van der Waals surface area contributed by atoms with Gasteiger partial charge in [-0.2, -0.15) is 8.78 Å². The molecule has 9 heteroatoms. The summed E-state index contributed by atoms with van der Waals surface area (Å²) in [5.74, 6) is -5.55. The Labute approximate surface area is 102 Å². The molecule has 0 saturated carbocycles. The number of pyridine rings is 1. The predicted molar refractivity (Wildman–Crippen MR) is 53.8 cm³/mol. The first-order valence-electron chi connectivity index (χ1n) is 4.20. The lowest BCUT2D eigenvalue weighted by Gasteiger charge is -2.10. The standard InChI is InChI=1S/C8H3Cl2F4N3/c9-2-1-3-5(16-4(2)10)17-7(15-3)8(13,14)6(11)12/h1,6H,(H,15,16,17). The van der Waals surface area contributed by atoms with Crippen molar-refractivity contribution < 1.29 is 17.6 Å². The summed E-state index contributed by atoms with van der Waals surface area (Å²) >= 11 is 11.1. The van der Waals surface area contributed by atoms with Gasteiger partial charge in [0.05, 0.1) is 10.5 Å². The van der Waals surface area contributed by atoms with E-state index in [1.54, 1.807) is 0 Å². The van der Waals surface area contributed by atoms with E-state index >= 15 is 0 Å². The summed E-state index contributed by atoms with van der Waals surface area (Å²) in [5, 5.41) is -0.132. The molecule has 2 aromatic heterocycles. The van der Waals surface area contributed by atoms with Crippen LogP contribution in [0.25, 0.3) is 11.2 Å². The van der Waals surface area contributed by atoms with E-state index in [4.69, 9.17) is 23.2 Å². The van der Waals surface area contributed by atoms with Crippen LogP contribution in [0.3, 0.4) is 0 Å². The van der Waals surface area contributed by atoms with Crippen LogP contribution in [0.2, 0.25) is 10.2 Å². The second kappa shape index (κ2) is 3.99. The minimum absolute atomic E-state index is 0.00900. The maximum Gasteiger partial charge on any atom is 0.363 e. The lowest BCUT2D eigenvalue weighted by molar-refractivity contribution is -0.140. The zero-order chi connectivity index (χ0) is 12.8. The highest BCUT2D eigenvalue weighted by atomic mass is 35.5. The highest BCUT2D eigenvalue weighted by molar-refractivity contribution is 6.41. The minimum atomic E-state index is -4.38. The van der Waals surface area contributed by atoms with Gasteiger partial charge in [-0.05, 0) is 6.07 Å². The number of imidazole rings is 1. The summed E-state index contributed by atoms with van der Waals surface area (Å²) in [7, 11) is 0. The predicted octanol–water partition coefficient (Wildman–Crippen LogP) is 3.62. The minimum Gasteiger partial charge on any atom is -0.335 e. The van der Waals surface area contributed by atoms with E-state index in [2.05, 4.69) is 9.97 Å². The fraction of sp³-hybridized carbons (Fsp3) is 0.250. The van der Waals surface area contributed by atoms with E-state index in [9.17, 15) is 17.6 Å². The third kappa shape index (κ3) is 2.04. The van der Waals surface area contributed by atoms with Crippen molar-refractivity contribution in [3.8, 4) is 0 Å². The van der Waals surface area contributed by atoms with Crippen LogP contribution in [0.5, 0.6) is 0 Å². The van der Waals surface area contributed by atoms with Crippen LogP contribution in [-0.2, 0) is 5.92 Å². The summed E-state index contributed by atoms with van der Waals surface area (Å²) in [6.07, 6.45) is -3.87. The largest absolute Gasteiger partial charge is 0.363 e. The Morgan fingerprint density at radius 1 is 1.24 bits per heavy atom. The van der Waals surface area contributed by atoms with Crippen molar-refractivity contribution in [2.75, 3.05) is 0 Å². The van der Waals surface area contributed by atoms with Gasteiger partial charge in [-0.15, -0.1) is 0 Å². The summed E-state index contributed by atoms with van der Waals surface area (Å²) in [6.45, 7) is 0. The van der Waals surface area contributed by atoms with Gasteiger partial charge in [0.25, 0.3) is 0 Å². The van der Waals surface area contributed by atoms with Crippen molar-refractivity contribution in [2.45, 2.75) is 12.3 Å². The molecule has 0 fully saturated rings. The quantitative estimate of drug-likeness (QED) is 0.677. The monoisotopic (exact) mass is 287 g/mol. The van der Waals surface area contributed by atoms with E-state index < -0.39 is 18.2 Å². The fourth-order valence-corrected chi connectivity index (χ4v) is 1.44. The molecule has 2 aromatic rings. The van der Waals surface area contributed by atoms with Crippen LogP contribution >= 0.6 is 23.2 Å². The second-order valence-corrected chi connectivity index (χ2v) is 3.91. The molecule has 2 heterocycles. The van der Waals surface area contributed by atoms with E-state index in [1.165, 1.54) is 6.07 Å². The molecule has 0 bridgehead atoms. The molecule has 3 nitrogen and oxygen atoms in total. The summed E-state index contributed by atoms with van der Waals surface area (Å²) in [6, 6.07) is 1.18. The molecular weight excluding hydrogens is 285 g/mol. The number of nitrogens with one attached hydrogen (secondary N) is 1. The van der Waals surface area contributed by atoms with Crippen molar-refractivity contribution >= 4 is 34.4 Å². The van der Waals surface area contributed by atoms with Crippen LogP contribution in [0, 0.1) is 0 Å². The van der Waals surface area contributed by atoms with Gasteiger partial charge in [0.1, 0.15) is 5.15 Å². The highest BCUT2D eigenvalue weighted by Gasteiger charge is 2.46. The van der Waals surface area contributed by atoms with Crippen molar-refractivity contribution in [2.24, 2.45) is 0 Å². The number of halogens is 6. The Balaban J connectivity index is 2.59. The average molecular weight is 288 g/mol. The van der Waals surface area contributed by atoms with Crippen LogP contribution in [0.1, 0.15) is 5.82 Å². The smallest absolute Gasteiger partial charge is 0.335 e. The molecule has 1 N–H and O–H groups in total. The molecule has 0 unspecified atom stereocenters. The van der Waals surface area contributed by atoms with E-state index in [0.717, 1.165) is 0 Å². The average Bonchev–Trinajstić information content (AvgIpc) is 2.62. The van der Waals surface area contributed by atoms with Crippen LogP contribution in [0.15, 0.2) is 6.07 Å². The molecule has 0 amide bonds. The van der Waals surface area contributed by atoms with Crippen molar-refractivity contribution in [3.05, 3.63) is 22.1 Å². The SMILES string of the molecule is FC(F)C(F)(F)c1nc2nc(Cl)c(Cl)cc2[nH]1. The molecule has 0 radical (unpaired) electrons. The number of nitrogens with zero attached hydrogens (tertiary/aromatic N) is 2. The number of fused-ring (bicyclic) bond motifs is 1. The Kier molecular flexibility index (Phi) is 2.90. The Morgan fingerprint density at radius 2 is 1.88 bits per heavy atom. The van der Waals surface area contributed by atoms with Gasteiger partial charge in [-0.3, -0.25) is 0 Å². The Bertz CT molecular complexity index is 530. The molecule has 0 aliphatic carbocycles. The molecule has 0 atom stereocenters. The molecule has 0 aliphatic rings. The summed E-state index contributed by atoms with van der Waals surface area (Å²) in [5.41, 5.74) is -0.190. The maximum atomic E-state index is 13.0. The number of rotatable bonds is 2. The van der Waals surface area contributed by atoms with Gasteiger partial charge in [0.2, 0.25) is 0 Å². The molecule has 0 aliphatic heterocycles. The molecule has 92 valence electrons. The Morgan fingerprint density at radius 3 is 2.47 bits per heavy atom. The third-order valence-electron chi connectivity index (χ3n) is 1.97. The van der Waals surface area contributed by atoms with Crippen LogP contribution in [0.4, 0.5) is 17.6 Å². The lowest BCUT2D eigenvalue weighted by Crippen LogP contribution is -2.25. The van der Waals surface area contributed by atoms with Gasteiger partial charge < -0.3 is 4.98 Å². The molecule has 2 rings (SSSR count). The number of hydrogen-bond donors (Lipinski definition) is 1. The van der Waals surface area contributed by atoms with Crippen molar-refractivity contribution in [3.63, 3.8) is 0 Å². The first-order chi connectivity index (χ1) is 7.82. The fourth-order valence-electron chi connectivity index (χ4n) is 1.16. The normalized spacial score (nSPS) is 12.6. The maximum absolute atomic E-state index is 13.0. The Hall–Kier alpha value is -1.08. The van der Waals surface area contributed by atoms with Crippen LogP contribution in [-0.4, -0.2) is 21.4 Å². The highest BCUT2D eigenvalue weighted by Crippen LogP contribution is 2.34. The number of H-pyrrole nitrogens is 1. The van der Waals surface area contributed by atoms with Gasteiger partial charge in [0, 0.05) is 0 Å². The van der Waals surface area contributed by atoms with Gasteiger partial charge in [0.15, 0.2) is 11.5 Å². The first kappa shape index (κ1) is 12.4. The molecule has 0 saturated heterocycles. The first-order valence-corrected chi connectivity index (χ1v) is 4.96. The van der Waals surface area contributed by atoms with E-state index in [0.29, 0.717) is 0 Å². The van der Waals surface area contributed by atoms with E-state index in [-0.39, 0.29) is 21.3 Å². The number of aromatic nitrogens is 3. The van der Waals surface area contributed by atoms with Gasteiger partial charge >= 0.3 is 12.3 Å². The molecular formula is C8H3Cl2F4N3. The third-order valence-corrected chi connectivity index (χ3v) is 2.65. The zero-order valence-corrected chi connectivity index (χ0v) is 9.33. The second-order valence-electron chi connectivity index (χ2n) is 3.14. The topological polar surface area (TPSA) is 41.6 Å². The summed E-state index contributed by atoms with van der Waals surface area (Å²) < 4.78 is 50.2. The zero-order valence-electron chi connectivity index (χ0n) is 7.82. The number of hydrogen-bond acceptors (Lipinski definition) is 2. The van der Waals surface area contributed by atoms with Gasteiger partial charge in [-0.25, -0.2) is 18.7 Å².